The highest BCUT2D eigenvalue weighted by Crippen LogP contribution is 2.33. The summed E-state index contributed by atoms with van der Waals surface area (Å²) in [6.45, 7) is 0. The van der Waals surface area contributed by atoms with Crippen molar-refractivity contribution >= 4 is 35.3 Å². The number of rotatable bonds is 4. The van der Waals surface area contributed by atoms with E-state index in [1.54, 1.807) is 30.3 Å². The van der Waals surface area contributed by atoms with Gasteiger partial charge in [-0.05, 0) is 18.2 Å². The lowest BCUT2D eigenvalue weighted by Crippen LogP contribution is -2.12. The van der Waals surface area contributed by atoms with Crippen molar-refractivity contribution < 1.29 is 14.7 Å². The van der Waals surface area contributed by atoms with Crippen LogP contribution in [0.1, 0.15) is 10.4 Å². The SMILES string of the molecule is O=CNc1cc(O)c(NC(=O)c2ccccc2)cc1Cl. The van der Waals surface area contributed by atoms with Crippen LogP contribution in [0.4, 0.5) is 11.4 Å². The van der Waals surface area contributed by atoms with E-state index in [-0.39, 0.29) is 28.1 Å². The molecule has 0 aliphatic rings. The summed E-state index contributed by atoms with van der Waals surface area (Å²) in [5, 5.41) is 14.9. The molecular formula is C14H11ClN2O3. The van der Waals surface area contributed by atoms with E-state index in [1.165, 1.54) is 12.1 Å². The molecule has 2 amide bonds. The molecule has 0 aromatic heterocycles. The number of hydrogen-bond acceptors (Lipinski definition) is 3. The number of carbonyl (C=O) groups is 2. The van der Waals surface area contributed by atoms with Crippen molar-refractivity contribution in [3.8, 4) is 5.75 Å². The quantitative estimate of drug-likeness (QED) is 0.598. The van der Waals surface area contributed by atoms with Crippen LogP contribution in [0.3, 0.4) is 0 Å². The first-order chi connectivity index (χ1) is 9.61. The van der Waals surface area contributed by atoms with Crippen LogP contribution in [0, 0.1) is 0 Å². The number of benzene rings is 2. The molecule has 0 radical (unpaired) electrons. The summed E-state index contributed by atoms with van der Waals surface area (Å²) in [4.78, 5) is 22.3. The Bertz CT molecular complexity index is 644. The summed E-state index contributed by atoms with van der Waals surface area (Å²) >= 11 is 5.93. The van der Waals surface area contributed by atoms with Crippen LogP contribution in [0.2, 0.25) is 5.02 Å². The molecule has 0 spiro atoms. The number of anilines is 2. The Balaban J connectivity index is 2.24. The fourth-order valence-corrected chi connectivity index (χ4v) is 1.84. The third-order valence-electron chi connectivity index (χ3n) is 2.58. The van der Waals surface area contributed by atoms with Gasteiger partial charge in [0.25, 0.3) is 5.91 Å². The van der Waals surface area contributed by atoms with Crippen LogP contribution in [0.15, 0.2) is 42.5 Å². The summed E-state index contributed by atoms with van der Waals surface area (Å²) in [6, 6.07) is 11.2. The largest absolute Gasteiger partial charge is 0.506 e. The normalized spacial score (nSPS) is 9.85. The van der Waals surface area contributed by atoms with E-state index in [0.717, 1.165) is 0 Å². The van der Waals surface area contributed by atoms with Gasteiger partial charge in [0.2, 0.25) is 6.41 Å². The minimum absolute atomic E-state index is 0.167. The molecule has 0 saturated heterocycles. The lowest BCUT2D eigenvalue weighted by molar-refractivity contribution is -0.105. The van der Waals surface area contributed by atoms with Gasteiger partial charge in [0.05, 0.1) is 16.4 Å². The lowest BCUT2D eigenvalue weighted by atomic mass is 10.2. The van der Waals surface area contributed by atoms with Crippen molar-refractivity contribution in [3.63, 3.8) is 0 Å². The van der Waals surface area contributed by atoms with Crippen molar-refractivity contribution in [1.29, 1.82) is 0 Å². The third kappa shape index (κ3) is 3.07. The van der Waals surface area contributed by atoms with Crippen LogP contribution >= 0.6 is 11.6 Å². The number of nitrogens with one attached hydrogen (secondary N) is 2. The summed E-state index contributed by atoms with van der Waals surface area (Å²) in [5.74, 6) is -0.559. The molecule has 6 heteroatoms. The number of hydrogen-bond donors (Lipinski definition) is 3. The molecule has 0 saturated carbocycles. The Kier molecular flexibility index (Phi) is 4.22. The van der Waals surface area contributed by atoms with Crippen LogP contribution in [0.5, 0.6) is 5.75 Å². The van der Waals surface area contributed by atoms with Gasteiger partial charge in [-0.25, -0.2) is 0 Å². The summed E-state index contributed by atoms with van der Waals surface area (Å²) in [5.41, 5.74) is 0.885. The third-order valence-corrected chi connectivity index (χ3v) is 2.90. The van der Waals surface area contributed by atoms with Gasteiger partial charge in [-0.3, -0.25) is 9.59 Å². The van der Waals surface area contributed by atoms with Crippen molar-refractivity contribution in [3.05, 3.63) is 53.1 Å². The molecule has 0 heterocycles. The molecule has 0 fully saturated rings. The molecule has 2 aromatic rings. The predicted molar refractivity (Wildman–Crippen MR) is 77.2 cm³/mol. The zero-order valence-corrected chi connectivity index (χ0v) is 11.0. The number of amides is 2. The van der Waals surface area contributed by atoms with Crippen LogP contribution in [-0.4, -0.2) is 17.4 Å². The summed E-state index contributed by atoms with van der Waals surface area (Å²) < 4.78 is 0. The minimum atomic E-state index is -0.368. The van der Waals surface area contributed by atoms with E-state index < -0.39 is 0 Å². The van der Waals surface area contributed by atoms with E-state index in [1.807, 2.05) is 0 Å². The average Bonchev–Trinajstić information content (AvgIpc) is 2.45. The molecule has 5 nitrogen and oxygen atoms in total. The zero-order chi connectivity index (χ0) is 14.5. The number of phenolic OH excluding ortho intramolecular Hbond substituents is 1. The van der Waals surface area contributed by atoms with Gasteiger partial charge in [-0.15, -0.1) is 0 Å². The topological polar surface area (TPSA) is 78.4 Å². The second-order valence-corrected chi connectivity index (χ2v) is 4.34. The van der Waals surface area contributed by atoms with Crippen LogP contribution in [-0.2, 0) is 4.79 Å². The monoisotopic (exact) mass is 290 g/mol. The molecule has 0 aliphatic heterocycles. The van der Waals surface area contributed by atoms with E-state index in [2.05, 4.69) is 10.6 Å². The molecule has 2 aromatic carbocycles. The molecule has 0 aliphatic carbocycles. The second kappa shape index (κ2) is 6.08. The van der Waals surface area contributed by atoms with Crippen molar-refractivity contribution in [1.82, 2.24) is 0 Å². The smallest absolute Gasteiger partial charge is 0.255 e. The molecule has 0 bridgehead atoms. The number of halogens is 1. The maximum Gasteiger partial charge on any atom is 0.255 e. The summed E-state index contributed by atoms with van der Waals surface area (Å²) in [6.07, 6.45) is 0.447. The van der Waals surface area contributed by atoms with Gasteiger partial charge in [-0.2, -0.15) is 0 Å². The lowest BCUT2D eigenvalue weighted by Gasteiger charge is -2.10. The Labute approximate surface area is 120 Å². The van der Waals surface area contributed by atoms with E-state index in [4.69, 9.17) is 11.6 Å². The molecule has 20 heavy (non-hydrogen) atoms. The minimum Gasteiger partial charge on any atom is -0.506 e. The second-order valence-electron chi connectivity index (χ2n) is 3.93. The van der Waals surface area contributed by atoms with Gasteiger partial charge in [0.1, 0.15) is 5.75 Å². The van der Waals surface area contributed by atoms with Gasteiger partial charge in [0.15, 0.2) is 0 Å². The van der Waals surface area contributed by atoms with E-state index >= 15 is 0 Å². The van der Waals surface area contributed by atoms with Crippen molar-refractivity contribution in [2.45, 2.75) is 0 Å². The molecule has 0 unspecified atom stereocenters. The first-order valence-electron chi connectivity index (χ1n) is 5.71. The standard InChI is InChI=1S/C14H11ClN2O3/c15-10-6-12(13(19)7-11(10)16-8-18)17-14(20)9-4-2-1-3-5-9/h1-8,19H,(H,16,18)(H,17,20). The van der Waals surface area contributed by atoms with E-state index in [9.17, 15) is 14.7 Å². The van der Waals surface area contributed by atoms with Crippen molar-refractivity contribution in [2.24, 2.45) is 0 Å². The Hall–Kier alpha value is -2.53. The molecule has 2 rings (SSSR count). The van der Waals surface area contributed by atoms with Gasteiger partial charge in [-0.1, -0.05) is 29.8 Å². The first kappa shape index (κ1) is 13.9. The number of aromatic hydroxyl groups is 1. The highest BCUT2D eigenvalue weighted by molar-refractivity contribution is 6.34. The van der Waals surface area contributed by atoms with Crippen molar-refractivity contribution in [2.75, 3.05) is 10.6 Å². The molecule has 3 N–H and O–H groups in total. The number of carbonyl (C=O) groups excluding carboxylic acids is 2. The molecule has 0 atom stereocenters. The zero-order valence-electron chi connectivity index (χ0n) is 10.3. The highest BCUT2D eigenvalue weighted by atomic mass is 35.5. The Morgan fingerprint density at radius 2 is 1.85 bits per heavy atom. The Morgan fingerprint density at radius 1 is 1.15 bits per heavy atom. The van der Waals surface area contributed by atoms with Crippen LogP contribution < -0.4 is 10.6 Å². The maximum atomic E-state index is 12.0. The highest BCUT2D eigenvalue weighted by Gasteiger charge is 2.11. The van der Waals surface area contributed by atoms with Gasteiger partial charge >= 0.3 is 0 Å². The Morgan fingerprint density at radius 3 is 2.50 bits per heavy atom. The fraction of sp³-hybridized carbons (Fsp3) is 0. The molecular weight excluding hydrogens is 280 g/mol. The van der Waals surface area contributed by atoms with Crippen LogP contribution in [0.25, 0.3) is 0 Å². The maximum absolute atomic E-state index is 12.0. The summed E-state index contributed by atoms with van der Waals surface area (Å²) in [7, 11) is 0. The van der Waals surface area contributed by atoms with Gasteiger partial charge < -0.3 is 15.7 Å². The first-order valence-corrected chi connectivity index (χ1v) is 6.08. The predicted octanol–water partition coefficient (Wildman–Crippen LogP) is 2.87. The van der Waals surface area contributed by atoms with Gasteiger partial charge in [0, 0.05) is 11.6 Å². The molecule has 102 valence electrons. The van der Waals surface area contributed by atoms with E-state index in [0.29, 0.717) is 12.0 Å². The fourth-order valence-electron chi connectivity index (χ4n) is 1.62. The number of phenols is 1. The average molecular weight is 291 g/mol.